The molecule has 0 saturated carbocycles. The van der Waals surface area contributed by atoms with Gasteiger partial charge in [-0.2, -0.15) is 0 Å². The molecular formula is C13H17NO6. The highest BCUT2D eigenvalue weighted by Crippen LogP contribution is 2.05. The van der Waals surface area contributed by atoms with Gasteiger partial charge in [0.15, 0.2) is 12.4 Å². The van der Waals surface area contributed by atoms with Crippen molar-refractivity contribution in [3.63, 3.8) is 0 Å². The van der Waals surface area contributed by atoms with E-state index in [0.29, 0.717) is 0 Å². The zero-order valence-corrected chi connectivity index (χ0v) is 10.6. The lowest BCUT2D eigenvalue weighted by Gasteiger charge is -2.23. The third kappa shape index (κ3) is 4.39. The molecule has 0 bridgehead atoms. The molecule has 0 fully saturated rings. The second kappa shape index (κ2) is 7.71. The Balaban J connectivity index is 2.52. The highest BCUT2D eigenvalue weighted by Gasteiger charge is 2.34. The van der Waals surface area contributed by atoms with Gasteiger partial charge >= 0.3 is 0 Å². The van der Waals surface area contributed by atoms with Crippen molar-refractivity contribution in [3.8, 4) is 0 Å². The van der Waals surface area contributed by atoms with Crippen molar-refractivity contribution in [2.75, 3.05) is 0 Å². The number of rotatable bonds is 7. The van der Waals surface area contributed by atoms with Gasteiger partial charge in [-0.25, -0.2) is 0 Å². The van der Waals surface area contributed by atoms with E-state index in [1.165, 1.54) is 0 Å². The molecule has 0 aliphatic carbocycles. The average molecular weight is 283 g/mol. The number of carbonyl (C=O) groups excluding carboxylic acids is 2. The molecular weight excluding hydrogens is 266 g/mol. The van der Waals surface area contributed by atoms with E-state index in [0.717, 1.165) is 5.56 Å². The first-order valence-corrected chi connectivity index (χ1v) is 5.96. The second-order valence-corrected chi connectivity index (χ2v) is 4.26. The molecule has 7 nitrogen and oxygen atoms in total. The van der Waals surface area contributed by atoms with Crippen molar-refractivity contribution < 1.29 is 30.0 Å². The van der Waals surface area contributed by atoms with E-state index in [9.17, 15) is 24.9 Å². The molecule has 4 atom stereocenters. The Kier molecular flexibility index (Phi) is 6.26. The summed E-state index contributed by atoms with van der Waals surface area (Å²) in [6.07, 6.45) is -7.73. The van der Waals surface area contributed by atoms with Crippen LogP contribution >= 0.6 is 0 Å². The topological polar surface area (TPSA) is 127 Å². The fourth-order valence-corrected chi connectivity index (χ4v) is 1.51. The van der Waals surface area contributed by atoms with Crippen molar-refractivity contribution in [1.82, 2.24) is 5.32 Å². The van der Waals surface area contributed by atoms with Crippen LogP contribution in [0.5, 0.6) is 0 Å². The average Bonchev–Trinajstić information content (AvgIpc) is 2.50. The fraction of sp³-hybridized carbons (Fsp3) is 0.385. The molecule has 1 aromatic rings. The van der Waals surface area contributed by atoms with Crippen molar-refractivity contribution in [2.24, 2.45) is 0 Å². The maximum absolute atomic E-state index is 11.6. The van der Waals surface area contributed by atoms with Gasteiger partial charge in [0.05, 0.1) is 0 Å². The monoisotopic (exact) mass is 283 g/mol. The zero-order valence-electron chi connectivity index (χ0n) is 10.6. The van der Waals surface area contributed by atoms with Crippen molar-refractivity contribution >= 4 is 12.2 Å². The number of hydrogen-bond donors (Lipinski definition) is 5. The van der Waals surface area contributed by atoms with Crippen LogP contribution in [0.2, 0.25) is 0 Å². The highest BCUT2D eigenvalue weighted by molar-refractivity contribution is 5.81. The third-order valence-corrected chi connectivity index (χ3v) is 2.74. The molecule has 0 unspecified atom stereocenters. The number of amides is 1. The maximum Gasteiger partial charge on any atom is 0.251 e. The Morgan fingerprint density at radius 1 is 1.10 bits per heavy atom. The van der Waals surface area contributed by atoms with E-state index in [1.807, 2.05) is 0 Å². The van der Waals surface area contributed by atoms with Gasteiger partial charge in [0.2, 0.25) is 0 Å². The Morgan fingerprint density at radius 3 is 2.25 bits per heavy atom. The minimum absolute atomic E-state index is 0.00246. The molecule has 0 radical (unpaired) electrons. The summed E-state index contributed by atoms with van der Waals surface area (Å²) < 4.78 is 0. The van der Waals surface area contributed by atoms with E-state index in [1.54, 1.807) is 30.3 Å². The lowest BCUT2D eigenvalue weighted by Crippen LogP contribution is -2.51. The van der Waals surface area contributed by atoms with Gasteiger partial charge < -0.3 is 30.5 Å². The molecule has 0 saturated heterocycles. The summed E-state index contributed by atoms with van der Waals surface area (Å²) in [5.74, 6) is -0.918. The van der Waals surface area contributed by atoms with E-state index in [2.05, 4.69) is 5.32 Å². The molecule has 0 aromatic heterocycles. The summed E-state index contributed by atoms with van der Waals surface area (Å²) in [5, 5.41) is 39.7. The summed E-state index contributed by atoms with van der Waals surface area (Å²) in [6, 6.07) is 8.87. The maximum atomic E-state index is 11.6. The molecule has 1 aromatic carbocycles. The van der Waals surface area contributed by atoms with Crippen LogP contribution in [0.25, 0.3) is 0 Å². The van der Waals surface area contributed by atoms with E-state index in [4.69, 9.17) is 5.11 Å². The standard InChI is InChI=1S/C13H17NO6/c15-7-9(16)10(17)11(18)12(19)13(20)14-6-8-4-2-1-3-5-8/h1-5,7,9-12,16-19H,6H2,(H,14,20)/t9-,10+,11-,12-/m0/s1. The van der Waals surface area contributed by atoms with Crippen molar-refractivity contribution in [3.05, 3.63) is 35.9 Å². The number of benzene rings is 1. The van der Waals surface area contributed by atoms with Gasteiger partial charge in [0.25, 0.3) is 5.91 Å². The quantitative estimate of drug-likeness (QED) is 0.366. The van der Waals surface area contributed by atoms with Crippen LogP contribution in [-0.2, 0) is 16.1 Å². The Labute approximate surface area is 115 Å². The van der Waals surface area contributed by atoms with Gasteiger partial charge in [0, 0.05) is 6.54 Å². The number of nitrogens with one attached hydrogen (secondary N) is 1. The number of aliphatic hydroxyl groups is 4. The molecule has 0 aliphatic rings. The first kappa shape index (κ1) is 16.3. The summed E-state index contributed by atoms with van der Waals surface area (Å²) in [6.45, 7) is 0.135. The lowest BCUT2D eigenvalue weighted by atomic mass is 10.0. The van der Waals surface area contributed by atoms with Crippen molar-refractivity contribution in [1.29, 1.82) is 0 Å². The summed E-state index contributed by atoms with van der Waals surface area (Å²) >= 11 is 0. The van der Waals surface area contributed by atoms with Crippen LogP contribution in [-0.4, -0.2) is 57.0 Å². The number of hydrogen-bond acceptors (Lipinski definition) is 6. The normalized spacial score (nSPS) is 16.8. The summed E-state index contributed by atoms with van der Waals surface area (Å²) in [5.41, 5.74) is 0.788. The van der Waals surface area contributed by atoms with Gasteiger partial charge in [-0.3, -0.25) is 4.79 Å². The van der Waals surface area contributed by atoms with E-state index < -0.39 is 30.3 Å². The largest absolute Gasteiger partial charge is 0.387 e. The number of aldehydes is 1. The Morgan fingerprint density at radius 2 is 1.70 bits per heavy atom. The molecule has 20 heavy (non-hydrogen) atoms. The fourth-order valence-electron chi connectivity index (χ4n) is 1.51. The lowest BCUT2D eigenvalue weighted by molar-refractivity contribution is -0.149. The number of aliphatic hydroxyl groups excluding tert-OH is 4. The molecule has 0 aliphatic heterocycles. The first-order chi connectivity index (χ1) is 9.47. The van der Waals surface area contributed by atoms with Gasteiger partial charge in [-0.15, -0.1) is 0 Å². The summed E-state index contributed by atoms with van der Waals surface area (Å²) in [7, 11) is 0. The van der Waals surface area contributed by atoms with Crippen LogP contribution < -0.4 is 5.32 Å². The van der Waals surface area contributed by atoms with Crippen molar-refractivity contribution in [2.45, 2.75) is 31.0 Å². The van der Waals surface area contributed by atoms with Gasteiger partial charge in [-0.1, -0.05) is 30.3 Å². The zero-order chi connectivity index (χ0) is 15.1. The molecule has 1 rings (SSSR count). The Bertz CT molecular complexity index is 438. The van der Waals surface area contributed by atoms with Gasteiger partial charge in [0.1, 0.15) is 18.3 Å². The van der Waals surface area contributed by atoms with E-state index in [-0.39, 0.29) is 12.8 Å². The highest BCUT2D eigenvalue weighted by atomic mass is 16.4. The second-order valence-electron chi connectivity index (χ2n) is 4.26. The summed E-state index contributed by atoms with van der Waals surface area (Å²) in [4.78, 5) is 21.8. The van der Waals surface area contributed by atoms with Crippen LogP contribution in [0.15, 0.2) is 30.3 Å². The van der Waals surface area contributed by atoms with E-state index >= 15 is 0 Å². The predicted molar refractivity (Wildman–Crippen MR) is 68.4 cm³/mol. The SMILES string of the molecule is O=C[C@H](O)[C@@H](O)[C@H](O)[C@H](O)C(=O)NCc1ccccc1. The number of carbonyl (C=O) groups is 2. The first-order valence-electron chi connectivity index (χ1n) is 5.96. The van der Waals surface area contributed by atoms with Gasteiger partial charge in [-0.05, 0) is 5.56 Å². The molecule has 110 valence electrons. The predicted octanol–water partition coefficient (Wildman–Crippen LogP) is -2.05. The molecule has 5 N–H and O–H groups in total. The van der Waals surface area contributed by atoms with Crippen LogP contribution in [0.4, 0.5) is 0 Å². The third-order valence-electron chi connectivity index (χ3n) is 2.74. The van der Waals surface area contributed by atoms with Crippen LogP contribution in [0.3, 0.4) is 0 Å². The molecule has 7 heteroatoms. The molecule has 0 spiro atoms. The Hall–Kier alpha value is -1.80. The minimum Gasteiger partial charge on any atom is -0.387 e. The minimum atomic E-state index is -1.97. The smallest absolute Gasteiger partial charge is 0.251 e. The van der Waals surface area contributed by atoms with Crippen LogP contribution in [0, 0.1) is 0 Å². The molecule has 1 amide bonds. The van der Waals surface area contributed by atoms with Crippen LogP contribution in [0.1, 0.15) is 5.56 Å². The molecule has 0 heterocycles.